The van der Waals surface area contributed by atoms with E-state index in [1.807, 2.05) is 0 Å². The van der Waals surface area contributed by atoms with Crippen molar-refractivity contribution in [2.45, 2.75) is 20.0 Å². The van der Waals surface area contributed by atoms with Crippen LogP contribution in [0.1, 0.15) is 12.5 Å². The van der Waals surface area contributed by atoms with Crippen molar-refractivity contribution in [3.05, 3.63) is 27.9 Å². The first-order valence-electron chi connectivity index (χ1n) is 4.92. The van der Waals surface area contributed by atoms with Gasteiger partial charge in [0.1, 0.15) is 0 Å². The predicted octanol–water partition coefficient (Wildman–Crippen LogP) is 1.12. The number of anilines is 1. The smallest absolute Gasteiger partial charge is 0.311 e. The monoisotopic (exact) mass is 225 g/mol. The third-order valence-electron chi connectivity index (χ3n) is 2.08. The molecule has 0 aliphatic carbocycles. The molecule has 0 aliphatic rings. The molecule has 88 valence electrons. The zero-order valence-corrected chi connectivity index (χ0v) is 9.54. The molecule has 6 nitrogen and oxygen atoms in total. The summed E-state index contributed by atoms with van der Waals surface area (Å²) >= 11 is 0. The Morgan fingerprint density at radius 3 is 2.81 bits per heavy atom. The first-order chi connectivity index (χ1) is 7.41. The molecule has 1 aromatic heterocycles. The summed E-state index contributed by atoms with van der Waals surface area (Å²) in [5.41, 5.74) is 0.698. The molecule has 1 rings (SSSR count). The lowest BCUT2D eigenvalue weighted by atomic mass is 10.2. The van der Waals surface area contributed by atoms with Crippen molar-refractivity contribution in [2.24, 2.45) is 0 Å². The van der Waals surface area contributed by atoms with Gasteiger partial charge in [0.05, 0.1) is 11.0 Å². The summed E-state index contributed by atoms with van der Waals surface area (Å²) in [6.45, 7) is 3.67. The van der Waals surface area contributed by atoms with E-state index in [2.05, 4.69) is 4.98 Å². The second-order valence-electron chi connectivity index (χ2n) is 3.84. The maximum absolute atomic E-state index is 10.8. The molecule has 1 heterocycles. The van der Waals surface area contributed by atoms with Crippen molar-refractivity contribution in [3.8, 4) is 0 Å². The summed E-state index contributed by atoms with van der Waals surface area (Å²) in [7, 11) is 1.66. The largest absolute Gasteiger partial charge is 0.392 e. The van der Waals surface area contributed by atoms with Gasteiger partial charge in [-0.1, -0.05) is 0 Å². The van der Waals surface area contributed by atoms with Crippen LogP contribution in [-0.2, 0) is 0 Å². The molecular weight excluding hydrogens is 210 g/mol. The van der Waals surface area contributed by atoms with Crippen molar-refractivity contribution in [3.63, 3.8) is 0 Å². The van der Waals surface area contributed by atoms with E-state index in [0.29, 0.717) is 6.54 Å². The van der Waals surface area contributed by atoms with Crippen molar-refractivity contribution in [1.82, 2.24) is 4.98 Å². The number of aliphatic hydroxyl groups is 1. The number of nitro groups is 1. The molecule has 0 saturated heterocycles. The number of aliphatic hydroxyl groups excluding tert-OH is 1. The maximum atomic E-state index is 10.8. The van der Waals surface area contributed by atoms with Gasteiger partial charge in [-0.3, -0.25) is 10.1 Å². The number of hydrogen-bond acceptors (Lipinski definition) is 5. The molecule has 1 N–H and O–H groups in total. The standard InChI is InChI=1S/C10H15N3O3/c1-7-4-9(13(15)16)10(11-5-7)12(3)6-8(2)14/h4-5,8,14H,6H2,1-3H3. The molecule has 1 aromatic rings. The summed E-state index contributed by atoms with van der Waals surface area (Å²) in [4.78, 5) is 16.0. The molecule has 0 bridgehead atoms. The molecule has 0 fully saturated rings. The van der Waals surface area contributed by atoms with Gasteiger partial charge in [0.15, 0.2) is 0 Å². The highest BCUT2D eigenvalue weighted by molar-refractivity contribution is 5.58. The van der Waals surface area contributed by atoms with Crippen molar-refractivity contribution in [2.75, 3.05) is 18.5 Å². The van der Waals surface area contributed by atoms with Crippen LogP contribution in [0.3, 0.4) is 0 Å². The first kappa shape index (κ1) is 12.4. The second-order valence-corrected chi connectivity index (χ2v) is 3.84. The molecule has 16 heavy (non-hydrogen) atoms. The van der Waals surface area contributed by atoms with Gasteiger partial charge in [0, 0.05) is 25.9 Å². The van der Waals surface area contributed by atoms with Gasteiger partial charge >= 0.3 is 5.69 Å². The third-order valence-corrected chi connectivity index (χ3v) is 2.08. The van der Waals surface area contributed by atoms with Gasteiger partial charge in [0.25, 0.3) is 0 Å². The zero-order valence-electron chi connectivity index (χ0n) is 9.54. The number of likely N-dealkylation sites (N-methyl/N-ethyl adjacent to an activating group) is 1. The van der Waals surface area contributed by atoms with E-state index in [1.54, 1.807) is 32.0 Å². The fourth-order valence-electron chi connectivity index (χ4n) is 1.46. The minimum Gasteiger partial charge on any atom is -0.392 e. The van der Waals surface area contributed by atoms with Gasteiger partial charge < -0.3 is 10.0 Å². The Labute approximate surface area is 93.7 Å². The minimum absolute atomic E-state index is 0.0387. The first-order valence-corrected chi connectivity index (χ1v) is 4.92. The number of pyridine rings is 1. The number of rotatable bonds is 4. The number of nitrogens with zero attached hydrogens (tertiary/aromatic N) is 3. The lowest BCUT2D eigenvalue weighted by molar-refractivity contribution is -0.384. The van der Waals surface area contributed by atoms with Crippen LogP contribution in [0.5, 0.6) is 0 Å². The third kappa shape index (κ3) is 2.90. The molecule has 0 aliphatic heterocycles. The van der Waals surface area contributed by atoms with Crippen molar-refractivity contribution >= 4 is 11.5 Å². The van der Waals surface area contributed by atoms with Crippen molar-refractivity contribution in [1.29, 1.82) is 0 Å². The van der Waals surface area contributed by atoms with Crippen LogP contribution in [0, 0.1) is 17.0 Å². The molecule has 1 atom stereocenters. The topological polar surface area (TPSA) is 79.5 Å². The van der Waals surface area contributed by atoms with E-state index in [0.717, 1.165) is 5.56 Å². The van der Waals surface area contributed by atoms with Crippen LogP contribution in [0.4, 0.5) is 11.5 Å². The van der Waals surface area contributed by atoms with E-state index < -0.39 is 11.0 Å². The SMILES string of the molecule is Cc1cnc(N(C)CC(C)O)c([N+](=O)[O-])c1. The zero-order chi connectivity index (χ0) is 12.3. The van der Waals surface area contributed by atoms with Gasteiger partial charge in [0.2, 0.25) is 5.82 Å². The van der Waals surface area contributed by atoms with Gasteiger partial charge in [-0.05, 0) is 19.4 Å². The van der Waals surface area contributed by atoms with E-state index in [1.165, 1.54) is 6.07 Å². The quantitative estimate of drug-likeness (QED) is 0.613. The number of aromatic nitrogens is 1. The molecule has 0 spiro atoms. The molecule has 0 saturated carbocycles. The average Bonchev–Trinajstić information content (AvgIpc) is 2.16. The Bertz CT molecular complexity index is 393. The van der Waals surface area contributed by atoms with Gasteiger partial charge in [-0.15, -0.1) is 0 Å². The van der Waals surface area contributed by atoms with Gasteiger partial charge in [-0.25, -0.2) is 4.98 Å². The molecule has 1 unspecified atom stereocenters. The Morgan fingerprint density at radius 1 is 1.69 bits per heavy atom. The minimum atomic E-state index is -0.562. The highest BCUT2D eigenvalue weighted by Gasteiger charge is 2.19. The number of aryl methyl sites for hydroxylation is 1. The van der Waals surface area contributed by atoms with Crippen LogP contribution in [-0.4, -0.2) is 34.7 Å². The summed E-state index contributed by atoms with van der Waals surface area (Å²) in [5.74, 6) is 0.275. The Kier molecular flexibility index (Phi) is 3.78. The lowest BCUT2D eigenvalue weighted by Gasteiger charge is -2.19. The molecule has 0 amide bonds. The van der Waals surface area contributed by atoms with Crippen LogP contribution >= 0.6 is 0 Å². The van der Waals surface area contributed by atoms with Crippen LogP contribution < -0.4 is 4.90 Å². The summed E-state index contributed by atoms with van der Waals surface area (Å²) in [6, 6.07) is 1.47. The second kappa shape index (κ2) is 4.89. The van der Waals surface area contributed by atoms with Crippen LogP contribution in [0.25, 0.3) is 0 Å². The highest BCUT2D eigenvalue weighted by atomic mass is 16.6. The predicted molar refractivity (Wildman–Crippen MR) is 60.6 cm³/mol. The van der Waals surface area contributed by atoms with Crippen molar-refractivity contribution < 1.29 is 10.0 Å². The van der Waals surface area contributed by atoms with Crippen LogP contribution in [0.2, 0.25) is 0 Å². The van der Waals surface area contributed by atoms with E-state index in [9.17, 15) is 15.2 Å². The Balaban J connectivity index is 3.07. The molecular formula is C10H15N3O3. The van der Waals surface area contributed by atoms with Gasteiger partial charge in [-0.2, -0.15) is 0 Å². The molecule has 0 aromatic carbocycles. The highest BCUT2D eigenvalue weighted by Crippen LogP contribution is 2.25. The fraction of sp³-hybridized carbons (Fsp3) is 0.500. The fourth-order valence-corrected chi connectivity index (χ4v) is 1.46. The summed E-state index contributed by atoms with van der Waals surface area (Å²) < 4.78 is 0. The maximum Gasteiger partial charge on any atom is 0.311 e. The summed E-state index contributed by atoms with van der Waals surface area (Å²) in [5, 5.41) is 20.1. The van der Waals surface area contributed by atoms with E-state index >= 15 is 0 Å². The average molecular weight is 225 g/mol. The molecule has 0 radical (unpaired) electrons. The van der Waals surface area contributed by atoms with Crippen LogP contribution in [0.15, 0.2) is 12.3 Å². The molecule has 6 heteroatoms. The Hall–Kier alpha value is -1.69. The van der Waals surface area contributed by atoms with E-state index in [4.69, 9.17) is 0 Å². The Morgan fingerprint density at radius 2 is 2.31 bits per heavy atom. The number of hydrogen-bond donors (Lipinski definition) is 1. The lowest BCUT2D eigenvalue weighted by Crippen LogP contribution is -2.28. The normalized spacial score (nSPS) is 12.2. The van der Waals surface area contributed by atoms with E-state index in [-0.39, 0.29) is 11.5 Å². The summed E-state index contributed by atoms with van der Waals surface area (Å²) in [6.07, 6.45) is 1.01.